The van der Waals surface area contributed by atoms with Gasteiger partial charge in [-0.1, -0.05) is 131 Å². The average Bonchev–Trinajstić information content (AvgIpc) is 4.01. The van der Waals surface area contributed by atoms with Crippen LogP contribution in [0.2, 0.25) is 0 Å². The summed E-state index contributed by atoms with van der Waals surface area (Å²) in [4.78, 5) is 144. The number of ether oxygens (including phenoxy) is 2. The van der Waals surface area contributed by atoms with E-state index in [0.29, 0.717) is 76.7 Å². The molecule has 3 aliphatic heterocycles. The zero-order valence-corrected chi connectivity index (χ0v) is 52.7. The van der Waals surface area contributed by atoms with Gasteiger partial charge in [0.2, 0.25) is 47.3 Å². The number of Topliss-reactive ketones (excluding diaryl/α,β-unsaturated/α-hetero) is 4. The maximum absolute atomic E-state index is 12.2. The molecule has 3 aliphatic rings. The summed E-state index contributed by atoms with van der Waals surface area (Å²) in [5, 5.41) is 5.59. The van der Waals surface area contributed by atoms with Crippen molar-refractivity contribution < 1.29 is 67.0 Å². The molecular formula is C63H111N5O14. The zero-order valence-electron chi connectivity index (χ0n) is 52.7. The number of imide groups is 3. The smallest absolute Gasteiger partial charge is 0.233 e. The van der Waals surface area contributed by atoms with Gasteiger partial charge in [0.15, 0.2) is 5.78 Å². The van der Waals surface area contributed by atoms with Crippen LogP contribution < -0.4 is 10.6 Å². The van der Waals surface area contributed by atoms with Gasteiger partial charge in [0.05, 0.1) is 19.8 Å². The maximum Gasteiger partial charge on any atom is 0.233 e. The Balaban J connectivity index is 0. The van der Waals surface area contributed by atoms with Crippen LogP contribution in [0.1, 0.15) is 208 Å². The highest BCUT2D eigenvalue weighted by molar-refractivity contribution is 6.05. The van der Waals surface area contributed by atoms with E-state index in [1.54, 1.807) is 0 Å². The van der Waals surface area contributed by atoms with Crippen LogP contribution in [0.25, 0.3) is 0 Å². The predicted octanol–water partition coefficient (Wildman–Crippen LogP) is 8.79. The van der Waals surface area contributed by atoms with E-state index in [2.05, 4.69) is 10.6 Å². The number of hydrogen-bond donors (Lipinski definition) is 2. The first-order valence-electron chi connectivity index (χ1n) is 30.2. The van der Waals surface area contributed by atoms with Crippen LogP contribution in [0.3, 0.4) is 0 Å². The molecule has 0 aliphatic carbocycles. The number of hydrogen-bond acceptors (Lipinski definition) is 14. The fourth-order valence-corrected chi connectivity index (χ4v) is 8.62. The average molecular weight is 1160 g/mol. The second-order valence-electron chi connectivity index (χ2n) is 24.4. The molecule has 0 aromatic carbocycles. The maximum atomic E-state index is 12.2. The van der Waals surface area contributed by atoms with Crippen LogP contribution in [0.5, 0.6) is 0 Å². The fraction of sp³-hybridized carbons (Fsp3) is 0.810. The van der Waals surface area contributed by atoms with Crippen LogP contribution in [0.4, 0.5) is 0 Å². The van der Waals surface area contributed by atoms with Crippen molar-refractivity contribution in [3.05, 3.63) is 0 Å². The van der Waals surface area contributed by atoms with E-state index in [-0.39, 0.29) is 170 Å². The van der Waals surface area contributed by atoms with E-state index in [0.717, 1.165) is 45.1 Å². The summed E-state index contributed by atoms with van der Waals surface area (Å²) in [5.74, 6) is 0.521. The molecule has 19 nitrogen and oxygen atoms in total. The van der Waals surface area contributed by atoms with Gasteiger partial charge < -0.3 is 20.1 Å². The van der Waals surface area contributed by atoms with Gasteiger partial charge in [-0.05, 0) is 49.4 Å². The van der Waals surface area contributed by atoms with E-state index in [4.69, 9.17) is 9.47 Å². The molecule has 0 radical (unpaired) electrons. The number of rotatable bonds is 35. The van der Waals surface area contributed by atoms with Gasteiger partial charge in [-0.15, -0.1) is 0 Å². The van der Waals surface area contributed by atoms with Crippen LogP contribution in [-0.4, -0.2) is 144 Å². The molecule has 2 N–H and O–H groups in total. The van der Waals surface area contributed by atoms with Crippen molar-refractivity contribution in [2.75, 3.05) is 59.2 Å². The Bertz CT molecular complexity index is 2030. The molecule has 8 amide bonds. The van der Waals surface area contributed by atoms with E-state index < -0.39 is 0 Å². The minimum absolute atomic E-state index is 0. The topological polar surface area (TPSA) is 257 Å². The Kier molecular flexibility index (Phi) is 41.2. The first-order valence-corrected chi connectivity index (χ1v) is 30.2. The van der Waals surface area contributed by atoms with Crippen molar-refractivity contribution in [3.8, 4) is 0 Å². The van der Waals surface area contributed by atoms with Crippen LogP contribution in [0.15, 0.2) is 0 Å². The first kappa shape index (κ1) is 79.0. The largest absolute Gasteiger partial charge is 0.377 e. The summed E-state index contributed by atoms with van der Waals surface area (Å²) in [6.45, 7) is 33.8. The molecule has 0 aromatic rings. The lowest BCUT2D eigenvalue weighted by Gasteiger charge is -2.16. The number of unbranched alkanes of at least 4 members (excludes halogenated alkanes) is 4. The van der Waals surface area contributed by atoms with E-state index in [1.807, 2.05) is 111 Å². The molecule has 3 heterocycles. The fourth-order valence-electron chi connectivity index (χ4n) is 8.62. The molecule has 0 bridgehead atoms. The van der Waals surface area contributed by atoms with E-state index >= 15 is 0 Å². The van der Waals surface area contributed by atoms with Crippen molar-refractivity contribution in [1.29, 1.82) is 0 Å². The standard InChI is InChI=1S/C19H32N2O6.C16H27NO3.C14H27NO2.C13H21NO3.CH4/c1-13(2)15-11-18(24)21(19(15)25)7-5-17(23)20-6-8-26-9-10-27-12-16(22)14(3)4;1-11(2)13-10-15(19)17(16(13)20)9-7-5-6-8-14(18)12(3)4;1-11(2)10-14(17)15-9-7-5-6-8-13(16)12(3)4;1-8(2)10-7-12(16)14(13(10)17)6-5-11(15)9(3)4;/h13-15H,5-12H2,1-4H3,(H,20,23);11-13H,5-10H2,1-4H3;11-12H,5-10H2,1-4H3,(H,15,17);8-10H,5-7H2,1-4H3;1H4. The van der Waals surface area contributed by atoms with Gasteiger partial charge in [0, 0.05) is 126 Å². The van der Waals surface area contributed by atoms with E-state index in [1.165, 1.54) is 14.7 Å². The van der Waals surface area contributed by atoms with Crippen LogP contribution in [0, 0.1) is 65.1 Å². The van der Waals surface area contributed by atoms with Crippen molar-refractivity contribution >= 4 is 70.4 Å². The quantitative estimate of drug-likeness (QED) is 0.0444. The third kappa shape index (κ3) is 32.1. The van der Waals surface area contributed by atoms with E-state index in [9.17, 15) is 57.5 Å². The van der Waals surface area contributed by atoms with Crippen molar-refractivity contribution in [2.24, 2.45) is 65.1 Å². The summed E-state index contributed by atoms with van der Waals surface area (Å²) < 4.78 is 10.5. The monoisotopic (exact) mass is 1160 g/mol. The summed E-state index contributed by atoms with van der Waals surface area (Å²) in [5.41, 5.74) is 0. The molecule has 82 heavy (non-hydrogen) atoms. The van der Waals surface area contributed by atoms with Crippen LogP contribution in [-0.2, 0) is 67.0 Å². The zero-order chi connectivity index (χ0) is 62.1. The van der Waals surface area contributed by atoms with Gasteiger partial charge in [-0.25, -0.2) is 0 Å². The molecule has 472 valence electrons. The first-order chi connectivity index (χ1) is 37.8. The molecule has 19 heteroatoms. The Morgan fingerprint density at radius 2 is 0.780 bits per heavy atom. The Morgan fingerprint density at radius 3 is 1.17 bits per heavy atom. The molecule has 3 unspecified atom stereocenters. The van der Waals surface area contributed by atoms with Crippen molar-refractivity contribution in [3.63, 3.8) is 0 Å². The highest BCUT2D eigenvalue weighted by atomic mass is 16.5. The molecule has 3 rings (SSSR count). The van der Waals surface area contributed by atoms with Gasteiger partial charge in [-0.2, -0.15) is 0 Å². The highest BCUT2D eigenvalue weighted by Crippen LogP contribution is 2.29. The third-order valence-electron chi connectivity index (χ3n) is 14.5. The van der Waals surface area contributed by atoms with Gasteiger partial charge in [0.1, 0.15) is 24.0 Å². The molecule has 0 saturated carbocycles. The molecule has 0 spiro atoms. The van der Waals surface area contributed by atoms with Crippen molar-refractivity contribution in [1.82, 2.24) is 25.3 Å². The Hall–Kier alpha value is -5.04. The lowest BCUT2D eigenvalue weighted by atomic mass is 9.94. The molecule has 3 atom stereocenters. The second kappa shape index (κ2) is 42.7. The minimum atomic E-state index is -0.271. The number of nitrogens with zero attached hydrogens (tertiary/aromatic N) is 3. The lowest BCUT2D eigenvalue weighted by Crippen LogP contribution is -2.36. The highest BCUT2D eigenvalue weighted by Gasteiger charge is 2.42. The summed E-state index contributed by atoms with van der Waals surface area (Å²) >= 11 is 0. The SMILES string of the molecule is C.CC(C)C(=O)CCCCCN1C(=O)CC(C(C)C)C1=O.CC(C)C(=O)CCN1C(=O)CC(C(C)C)C1=O.CC(C)C(=O)COCCOCCNC(=O)CCN1C(=O)CC(C(C)C)C1=O.CC(C)CC(=O)NCCCCCC(=O)C(C)C. The second-order valence-corrected chi connectivity index (χ2v) is 24.4. The number of nitrogens with one attached hydrogen (secondary N) is 2. The van der Waals surface area contributed by atoms with Crippen molar-refractivity contribution in [2.45, 2.75) is 208 Å². The number of likely N-dealkylation sites (tertiary alicyclic amines) is 3. The Morgan fingerprint density at radius 1 is 0.415 bits per heavy atom. The van der Waals surface area contributed by atoms with Gasteiger partial charge >= 0.3 is 0 Å². The number of amides is 8. The number of carbonyl (C=O) groups is 12. The molecular weight excluding hydrogens is 1050 g/mol. The van der Waals surface area contributed by atoms with Gasteiger partial charge in [-0.3, -0.25) is 72.2 Å². The van der Waals surface area contributed by atoms with Gasteiger partial charge in [0.25, 0.3) is 0 Å². The van der Waals surface area contributed by atoms with Crippen LogP contribution >= 0.6 is 0 Å². The summed E-state index contributed by atoms with van der Waals surface area (Å²) in [7, 11) is 0. The molecule has 3 saturated heterocycles. The molecule has 3 fully saturated rings. The minimum Gasteiger partial charge on any atom is -0.377 e. The predicted molar refractivity (Wildman–Crippen MR) is 318 cm³/mol. The summed E-state index contributed by atoms with van der Waals surface area (Å²) in [6.07, 6.45) is 8.61. The third-order valence-corrected chi connectivity index (χ3v) is 14.5. The Labute approximate surface area is 493 Å². The molecule has 0 aromatic heterocycles. The lowest BCUT2D eigenvalue weighted by molar-refractivity contribution is -0.142. The number of ketones is 4. The number of carbonyl (C=O) groups excluding carboxylic acids is 12. The summed E-state index contributed by atoms with van der Waals surface area (Å²) in [6, 6.07) is 0. The normalized spacial score (nSPS) is 17.0.